The van der Waals surface area contributed by atoms with E-state index in [1.807, 2.05) is 23.6 Å². The van der Waals surface area contributed by atoms with Gasteiger partial charge in [0.15, 0.2) is 16.6 Å². The molecule has 0 aliphatic heterocycles. The van der Waals surface area contributed by atoms with E-state index in [1.165, 1.54) is 11.3 Å². The summed E-state index contributed by atoms with van der Waals surface area (Å²) in [5, 5.41) is 8.58. The Morgan fingerprint density at radius 3 is 2.50 bits per heavy atom. The number of carbonyl (C=O) groups excluding carboxylic acids is 2. The van der Waals surface area contributed by atoms with E-state index < -0.39 is 0 Å². The summed E-state index contributed by atoms with van der Waals surface area (Å²) in [4.78, 5) is 28.8. The molecular weight excluding hydrogens is 450 g/mol. The molecule has 0 saturated heterocycles. The van der Waals surface area contributed by atoms with Gasteiger partial charge in [0.05, 0.1) is 19.9 Å². The van der Waals surface area contributed by atoms with Crippen LogP contribution >= 0.6 is 22.9 Å². The molecule has 2 amide bonds. The Morgan fingerprint density at radius 1 is 1.03 bits per heavy atom. The number of hydrogen-bond acceptors (Lipinski definition) is 6. The fraction of sp³-hybridized carbons (Fsp3) is 0.261. The van der Waals surface area contributed by atoms with Crippen molar-refractivity contribution < 1.29 is 19.1 Å². The van der Waals surface area contributed by atoms with E-state index in [1.54, 1.807) is 38.5 Å². The Balaban J connectivity index is 1.41. The molecule has 3 aromatic rings. The highest BCUT2D eigenvalue weighted by atomic mass is 35.5. The molecule has 0 atom stereocenters. The fourth-order valence-electron chi connectivity index (χ4n) is 2.96. The number of hydrogen-bond donors (Lipinski definition) is 2. The summed E-state index contributed by atoms with van der Waals surface area (Å²) in [6.07, 6.45) is 1.50. The first-order valence-corrected chi connectivity index (χ1v) is 11.2. The number of ether oxygens (including phenoxy) is 2. The van der Waals surface area contributed by atoms with E-state index >= 15 is 0 Å². The minimum absolute atomic E-state index is 0.0507. The van der Waals surface area contributed by atoms with Crippen molar-refractivity contribution >= 4 is 39.9 Å². The molecule has 32 heavy (non-hydrogen) atoms. The monoisotopic (exact) mass is 473 g/mol. The molecule has 0 radical (unpaired) electrons. The van der Waals surface area contributed by atoms with Gasteiger partial charge in [-0.15, -0.1) is 11.3 Å². The van der Waals surface area contributed by atoms with Crippen molar-refractivity contribution in [2.24, 2.45) is 0 Å². The zero-order valence-electron chi connectivity index (χ0n) is 17.8. The van der Waals surface area contributed by atoms with E-state index in [0.29, 0.717) is 53.0 Å². The highest BCUT2D eigenvalue weighted by Gasteiger charge is 2.11. The van der Waals surface area contributed by atoms with Crippen LogP contribution in [-0.4, -0.2) is 37.6 Å². The predicted octanol–water partition coefficient (Wildman–Crippen LogP) is 4.36. The van der Waals surface area contributed by atoms with E-state index in [-0.39, 0.29) is 11.8 Å². The zero-order chi connectivity index (χ0) is 22.9. The molecule has 2 N–H and O–H groups in total. The maximum atomic E-state index is 12.2. The number of methoxy groups -OCH3 is 2. The first-order chi connectivity index (χ1) is 15.5. The average Bonchev–Trinajstić information content (AvgIpc) is 3.25. The fourth-order valence-corrected chi connectivity index (χ4v) is 3.83. The molecule has 168 valence electrons. The Labute approximate surface area is 195 Å². The van der Waals surface area contributed by atoms with Gasteiger partial charge in [-0.2, -0.15) is 0 Å². The molecule has 1 heterocycles. The third-order valence-electron chi connectivity index (χ3n) is 4.67. The van der Waals surface area contributed by atoms with Crippen LogP contribution in [0.2, 0.25) is 5.02 Å². The minimum atomic E-state index is -0.254. The van der Waals surface area contributed by atoms with Crippen molar-refractivity contribution in [3.8, 4) is 11.5 Å². The Kier molecular flexibility index (Phi) is 8.47. The van der Waals surface area contributed by atoms with Gasteiger partial charge in [0.1, 0.15) is 0 Å². The maximum Gasteiger partial charge on any atom is 0.257 e. The second-order valence-corrected chi connectivity index (χ2v) is 8.19. The van der Waals surface area contributed by atoms with Crippen LogP contribution in [0.4, 0.5) is 5.13 Å². The van der Waals surface area contributed by atoms with Gasteiger partial charge in [0, 0.05) is 28.9 Å². The predicted molar refractivity (Wildman–Crippen MR) is 126 cm³/mol. The Bertz CT molecular complexity index is 1070. The van der Waals surface area contributed by atoms with Crippen molar-refractivity contribution in [2.45, 2.75) is 19.3 Å². The molecule has 0 spiro atoms. The summed E-state index contributed by atoms with van der Waals surface area (Å²) in [5.74, 6) is 1.03. The molecule has 1 aromatic heterocycles. The van der Waals surface area contributed by atoms with E-state index in [2.05, 4.69) is 15.6 Å². The van der Waals surface area contributed by atoms with Gasteiger partial charge in [0.25, 0.3) is 5.91 Å². The standard InChI is InChI=1S/C23H24ClN3O4S/c1-30-19-9-3-15(13-20(19)31-2)11-12-25-21(28)10-8-18-14-32-23(26-18)27-22(29)16-4-6-17(24)7-5-16/h3-7,9,13-14H,8,10-12H2,1-2H3,(H,25,28)(H,26,27,29). The minimum Gasteiger partial charge on any atom is -0.493 e. The first-order valence-electron chi connectivity index (χ1n) is 9.97. The number of aryl methyl sites for hydroxylation is 1. The molecule has 0 bridgehead atoms. The van der Waals surface area contributed by atoms with Gasteiger partial charge in [-0.1, -0.05) is 17.7 Å². The molecule has 0 fully saturated rings. The second kappa shape index (κ2) is 11.5. The summed E-state index contributed by atoms with van der Waals surface area (Å²) < 4.78 is 10.5. The normalized spacial score (nSPS) is 10.5. The van der Waals surface area contributed by atoms with Gasteiger partial charge in [0.2, 0.25) is 5.91 Å². The van der Waals surface area contributed by atoms with Crippen molar-refractivity contribution in [1.82, 2.24) is 10.3 Å². The SMILES string of the molecule is COc1ccc(CCNC(=O)CCc2csc(NC(=O)c3ccc(Cl)cc3)n2)cc1OC. The maximum absolute atomic E-state index is 12.2. The zero-order valence-corrected chi connectivity index (χ0v) is 19.4. The molecule has 2 aromatic carbocycles. The summed E-state index contributed by atoms with van der Waals surface area (Å²) in [7, 11) is 3.19. The number of nitrogens with one attached hydrogen (secondary N) is 2. The number of benzene rings is 2. The number of thiazole rings is 1. The van der Waals surface area contributed by atoms with Crippen LogP contribution in [0.15, 0.2) is 47.8 Å². The number of nitrogens with zero attached hydrogens (tertiary/aromatic N) is 1. The van der Waals surface area contributed by atoms with Crippen LogP contribution in [0, 0.1) is 0 Å². The largest absolute Gasteiger partial charge is 0.493 e. The molecular formula is C23H24ClN3O4S. The van der Waals surface area contributed by atoms with Crippen LogP contribution in [0.5, 0.6) is 11.5 Å². The lowest BCUT2D eigenvalue weighted by Crippen LogP contribution is -2.25. The smallest absolute Gasteiger partial charge is 0.257 e. The topological polar surface area (TPSA) is 89.6 Å². The Morgan fingerprint density at radius 2 is 1.78 bits per heavy atom. The lowest BCUT2D eigenvalue weighted by Gasteiger charge is -2.10. The molecule has 0 aliphatic rings. The van der Waals surface area contributed by atoms with Crippen molar-refractivity contribution in [2.75, 3.05) is 26.1 Å². The number of carbonyl (C=O) groups is 2. The number of aromatic nitrogens is 1. The van der Waals surface area contributed by atoms with Crippen molar-refractivity contribution in [3.05, 3.63) is 69.7 Å². The first kappa shape index (κ1) is 23.6. The van der Waals surface area contributed by atoms with E-state index in [0.717, 1.165) is 11.3 Å². The van der Waals surface area contributed by atoms with Gasteiger partial charge in [-0.3, -0.25) is 14.9 Å². The number of halogens is 1. The van der Waals surface area contributed by atoms with Crippen LogP contribution in [-0.2, 0) is 17.6 Å². The van der Waals surface area contributed by atoms with Gasteiger partial charge in [-0.05, 0) is 54.8 Å². The summed E-state index contributed by atoms with van der Waals surface area (Å²) in [5.41, 5.74) is 2.31. The third kappa shape index (κ3) is 6.70. The van der Waals surface area contributed by atoms with Crippen LogP contribution < -0.4 is 20.1 Å². The molecule has 7 nitrogen and oxygen atoms in total. The Hall–Kier alpha value is -3.10. The number of amides is 2. The van der Waals surface area contributed by atoms with E-state index in [9.17, 15) is 9.59 Å². The van der Waals surface area contributed by atoms with Crippen LogP contribution in [0.3, 0.4) is 0 Å². The van der Waals surface area contributed by atoms with Gasteiger partial charge < -0.3 is 14.8 Å². The summed E-state index contributed by atoms with van der Waals surface area (Å²) in [6, 6.07) is 12.3. The molecule has 3 rings (SSSR count). The molecule has 0 aliphatic carbocycles. The summed E-state index contributed by atoms with van der Waals surface area (Å²) in [6.45, 7) is 0.522. The highest BCUT2D eigenvalue weighted by molar-refractivity contribution is 7.14. The second-order valence-electron chi connectivity index (χ2n) is 6.89. The van der Waals surface area contributed by atoms with Crippen LogP contribution in [0.1, 0.15) is 28.0 Å². The molecule has 9 heteroatoms. The van der Waals surface area contributed by atoms with Crippen molar-refractivity contribution in [1.29, 1.82) is 0 Å². The molecule has 0 unspecified atom stereocenters. The number of rotatable bonds is 10. The lowest BCUT2D eigenvalue weighted by atomic mass is 10.1. The number of anilines is 1. The lowest BCUT2D eigenvalue weighted by molar-refractivity contribution is -0.121. The average molecular weight is 474 g/mol. The van der Waals surface area contributed by atoms with E-state index in [4.69, 9.17) is 21.1 Å². The highest BCUT2D eigenvalue weighted by Crippen LogP contribution is 2.27. The third-order valence-corrected chi connectivity index (χ3v) is 5.73. The van der Waals surface area contributed by atoms with Crippen molar-refractivity contribution in [3.63, 3.8) is 0 Å². The summed E-state index contributed by atoms with van der Waals surface area (Å²) >= 11 is 7.17. The van der Waals surface area contributed by atoms with Crippen LogP contribution in [0.25, 0.3) is 0 Å². The molecule has 0 saturated carbocycles. The van der Waals surface area contributed by atoms with Gasteiger partial charge >= 0.3 is 0 Å². The quantitative estimate of drug-likeness (QED) is 0.456. The van der Waals surface area contributed by atoms with Gasteiger partial charge in [-0.25, -0.2) is 4.98 Å².